The number of hydrogen-bond donors (Lipinski definition) is 2. The molecule has 2 atom stereocenters. The summed E-state index contributed by atoms with van der Waals surface area (Å²) in [5, 5.41) is 3.09. The Morgan fingerprint density at radius 2 is 2.22 bits per heavy atom. The Balaban J connectivity index is 2.56. The van der Waals surface area contributed by atoms with Crippen molar-refractivity contribution in [2.75, 3.05) is 31.1 Å². The minimum Gasteiger partial charge on any atom is -0.368 e. The number of hydrogen-bond acceptors (Lipinski definition) is 5. The molecule has 2 unspecified atom stereocenters. The molecule has 0 bridgehead atoms. The van der Waals surface area contributed by atoms with E-state index in [0.717, 1.165) is 13.0 Å². The van der Waals surface area contributed by atoms with Crippen LogP contribution in [0.5, 0.6) is 0 Å². The molecule has 106 valence electrons. The van der Waals surface area contributed by atoms with Crippen LogP contribution in [0.4, 0.5) is 0 Å². The van der Waals surface area contributed by atoms with Crippen molar-refractivity contribution in [3.8, 4) is 0 Å². The van der Waals surface area contributed by atoms with Crippen LogP contribution in [0.3, 0.4) is 0 Å². The lowest BCUT2D eigenvalue weighted by molar-refractivity contribution is -0.120. The van der Waals surface area contributed by atoms with Gasteiger partial charge in [-0.2, -0.15) is 0 Å². The van der Waals surface area contributed by atoms with E-state index in [1.807, 2.05) is 18.7 Å². The van der Waals surface area contributed by atoms with Crippen LogP contribution in [0.1, 0.15) is 20.3 Å². The zero-order valence-electron chi connectivity index (χ0n) is 11.1. The number of carbonyl (C=O) groups is 1. The number of sulfone groups is 1. The summed E-state index contributed by atoms with van der Waals surface area (Å²) < 4.78 is 22.9. The van der Waals surface area contributed by atoms with Crippen LogP contribution in [0, 0.1) is 0 Å². The summed E-state index contributed by atoms with van der Waals surface area (Å²) in [6.45, 7) is 5.57. The Kier molecular flexibility index (Phi) is 5.55. The van der Waals surface area contributed by atoms with Crippen molar-refractivity contribution in [3.63, 3.8) is 0 Å². The standard InChI is InChI=1S/C11H23N3O3S/c1-3-4-13-10(11(12)15)7-14-5-6-18(16,17)8-9(14)2/h9-10,13H,3-8H2,1-2H3,(H2,12,15). The maximum Gasteiger partial charge on any atom is 0.235 e. The topological polar surface area (TPSA) is 92.5 Å². The lowest BCUT2D eigenvalue weighted by Gasteiger charge is -2.35. The largest absolute Gasteiger partial charge is 0.368 e. The van der Waals surface area contributed by atoms with Crippen LogP contribution in [0.2, 0.25) is 0 Å². The smallest absolute Gasteiger partial charge is 0.235 e. The zero-order valence-corrected chi connectivity index (χ0v) is 11.9. The van der Waals surface area contributed by atoms with Gasteiger partial charge in [-0.25, -0.2) is 8.42 Å². The number of nitrogens with one attached hydrogen (secondary N) is 1. The first-order chi connectivity index (χ1) is 8.35. The Hall–Kier alpha value is -0.660. The van der Waals surface area contributed by atoms with Gasteiger partial charge in [0.25, 0.3) is 0 Å². The monoisotopic (exact) mass is 277 g/mol. The molecular formula is C11H23N3O3S. The molecule has 0 aromatic heterocycles. The van der Waals surface area contributed by atoms with Gasteiger partial charge in [0.1, 0.15) is 0 Å². The predicted octanol–water partition coefficient (Wildman–Crippen LogP) is -1.04. The van der Waals surface area contributed by atoms with Gasteiger partial charge in [-0.15, -0.1) is 0 Å². The van der Waals surface area contributed by atoms with Crippen molar-refractivity contribution in [2.45, 2.75) is 32.4 Å². The van der Waals surface area contributed by atoms with Crippen LogP contribution in [-0.4, -0.2) is 62.4 Å². The summed E-state index contributed by atoms with van der Waals surface area (Å²) in [4.78, 5) is 13.3. The average Bonchev–Trinajstić information content (AvgIpc) is 2.25. The fraction of sp³-hybridized carbons (Fsp3) is 0.909. The first-order valence-corrected chi connectivity index (χ1v) is 8.15. The molecule has 0 radical (unpaired) electrons. The van der Waals surface area contributed by atoms with E-state index < -0.39 is 15.9 Å². The van der Waals surface area contributed by atoms with Crippen molar-refractivity contribution < 1.29 is 13.2 Å². The second kappa shape index (κ2) is 6.49. The number of carbonyl (C=O) groups excluding carboxylic acids is 1. The van der Waals surface area contributed by atoms with Gasteiger partial charge in [0.2, 0.25) is 5.91 Å². The molecule has 0 aliphatic carbocycles. The molecule has 1 amide bonds. The number of amides is 1. The molecular weight excluding hydrogens is 254 g/mol. The second-order valence-corrected chi connectivity index (χ2v) is 7.10. The summed E-state index contributed by atoms with van der Waals surface area (Å²) in [6, 6.07) is -0.470. The van der Waals surface area contributed by atoms with E-state index in [1.54, 1.807) is 0 Å². The third-order valence-corrected chi connectivity index (χ3v) is 5.00. The summed E-state index contributed by atoms with van der Waals surface area (Å²) in [5.74, 6) is -0.0628. The highest BCUT2D eigenvalue weighted by molar-refractivity contribution is 7.91. The Labute approximate surface area is 109 Å². The summed E-state index contributed by atoms with van der Waals surface area (Å²) >= 11 is 0. The van der Waals surface area contributed by atoms with E-state index in [0.29, 0.717) is 13.1 Å². The van der Waals surface area contributed by atoms with E-state index in [-0.39, 0.29) is 23.5 Å². The maximum atomic E-state index is 11.5. The molecule has 1 fully saturated rings. The van der Waals surface area contributed by atoms with Crippen molar-refractivity contribution in [3.05, 3.63) is 0 Å². The first-order valence-electron chi connectivity index (χ1n) is 6.33. The highest BCUT2D eigenvalue weighted by Crippen LogP contribution is 2.11. The fourth-order valence-electron chi connectivity index (χ4n) is 2.11. The molecule has 1 saturated heterocycles. The van der Waals surface area contributed by atoms with Gasteiger partial charge in [-0.3, -0.25) is 9.69 Å². The van der Waals surface area contributed by atoms with Crippen molar-refractivity contribution in [1.82, 2.24) is 10.2 Å². The van der Waals surface area contributed by atoms with E-state index in [1.165, 1.54) is 0 Å². The van der Waals surface area contributed by atoms with Crippen LogP contribution in [-0.2, 0) is 14.6 Å². The number of nitrogens with two attached hydrogens (primary N) is 1. The summed E-state index contributed by atoms with van der Waals surface area (Å²) in [6.07, 6.45) is 0.924. The van der Waals surface area contributed by atoms with Gasteiger partial charge in [0.05, 0.1) is 17.5 Å². The first kappa shape index (κ1) is 15.4. The Morgan fingerprint density at radius 1 is 1.56 bits per heavy atom. The molecule has 0 saturated carbocycles. The summed E-state index contributed by atoms with van der Waals surface area (Å²) in [5.41, 5.74) is 5.35. The highest BCUT2D eigenvalue weighted by Gasteiger charge is 2.30. The minimum atomic E-state index is -2.92. The highest BCUT2D eigenvalue weighted by atomic mass is 32.2. The fourth-order valence-corrected chi connectivity index (χ4v) is 3.74. The van der Waals surface area contributed by atoms with Crippen molar-refractivity contribution >= 4 is 15.7 Å². The predicted molar refractivity (Wildman–Crippen MR) is 71.0 cm³/mol. The van der Waals surface area contributed by atoms with E-state index in [9.17, 15) is 13.2 Å². The van der Waals surface area contributed by atoms with E-state index in [2.05, 4.69) is 5.32 Å². The Bertz CT molecular complexity index is 383. The third-order valence-electron chi connectivity index (χ3n) is 3.21. The van der Waals surface area contributed by atoms with Gasteiger partial charge in [-0.1, -0.05) is 6.92 Å². The van der Waals surface area contributed by atoms with Gasteiger partial charge in [-0.05, 0) is 19.9 Å². The number of primary amides is 1. The number of rotatable bonds is 6. The van der Waals surface area contributed by atoms with Crippen LogP contribution >= 0.6 is 0 Å². The van der Waals surface area contributed by atoms with Crippen LogP contribution in [0.25, 0.3) is 0 Å². The van der Waals surface area contributed by atoms with Crippen LogP contribution in [0.15, 0.2) is 0 Å². The Morgan fingerprint density at radius 3 is 2.72 bits per heavy atom. The molecule has 1 aliphatic heterocycles. The van der Waals surface area contributed by atoms with Crippen molar-refractivity contribution in [2.24, 2.45) is 5.73 Å². The molecule has 1 aliphatic rings. The quantitative estimate of drug-likeness (QED) is 0.647. The van der Waals surface area contributed by atoms with Gasteiger partial charge < -0.3 is 11.1 Å². The number of nitrogens with zero attached hydrogens (tertiary/aromatic N) is 1. The molecule has 18 heavy (non-hydrogen) atoms. The summed E-state index contributed by atoms with van der Waals surface area (Å²) in [7, 11) is -2.92. The molecule has 0 aromatic rings. The van der Waals surface area contributed by atoms with Crippen LogP contribution < -0.4 is 11.1 Å². The van der Waals surface area contributed by atoms with Gasteiger partial charge in [0, 0.05) is 19.1 Å². The van der Waals surface area contributed by atoms with E-state index in [4.69, 9.17) is 5.73 Å². The molecule has 1 heterocycles. The van der Waals surface area contributed by atoms with E-state index >= 15 is 0 Å². The van der Waals surface area contributed by atoms with Gasteiger partial charge >= 0.3 is 0 Å². The molecule has 3 N–H and O–H groups in total. The average molecular weight is 277 g/mol. The lowest BCUT2D eigenvalue weighted by atomic mass is 10.2. The normalized spacial score (nSPS) is 25.8. The van der Waals surface area contributed by atoms with Crippen molar-refractivity contribution in [1.29, 1.82) is 0 Å². The molecule has 0 aromatic carbocycles. The second-order valence-electron chi connectivity index (χ2n) is 4.87. The molecule has 1 rings (SSSR count). The molecule has 0 spiro atoms. The maximum absolute atomic E-state index is 11.5. The SMILES string of the molecule is CCCNC(CN1CCS(=O)(=O)CC1C)C(N)=O. The lowest BCUT2D eigenvalue weighted by Crippen LogP contribution is -2.55. The molecule has 6 nitrogen and oxygen atoms in total. The molecule has 7 heteroatoms. The van der Waals surface area contributed by atoms with Gasteiger partial charge in [0.15, 0.2) is 9.84 Å². The minimum absolute atomic E-state index is 0.0611. The third kappa shape index (κ3) is 4.55. The zero-order chi connectivity index (χ0) is 13.8.